The summed E-state index contributed by atoms with van der Waals surface area (Å²) in [6.07, 6.45) is -5.81. The molecule has 0 aliphatic carbocycles. The molecular weight excluding hydrogens is 405 g/mol. The monoisotopic (exact) mass is 422 g/mol. The van der Waals surface area contributed by atoms with Crippen LogP contribution in [0, 0.1) is 16.7 Å². The third-order valence-electron chi connectivity index (χ3n) is 4.73. The summed E-state index contributed by atoms with van der Waals surface area (Å²) in [5.74, 6) is -1.89. The van der Waals surface area contributed by atoms with Crippen LogP contribution in [0.3, 0.4) is 0 Å². The smallest absolute Gasteiger partial charge is 0.417 e. The highest BCUT2D eigenvalue weighted by molar-refractivity contribution is 5.85. The number of carbonyl (C=O) groups excluding carboxylic acids is 1. The Labute approximate surface area is 169 Å². The molecule has 1 atom stereocenters. The van der Waals surface area contributed by atoms with Crippen molar-refractivity contribution in [1.82, 2.24) is 4.90 Å². The Morgan fingerprint density at radius 1 is 1.37 bits per heavy atom. The van der Waals surface area contributed by atoms with Gasteiger partial charge in [-0.25, -0.2) is 4.79 Å². The third kappa shape index (κ3) is 4.10. The Morgan fingerprint density at radius 2 is 2.07 bits per heavy atom. The number of nitriles is 1. The number of carboxylic acid groups (broad SMARTS) is 1. The number of alkyl halides is 3. The molecule has 1 N–H and O–H groups in total. The first kappa shape index (κ1) is 21.2. The molecule has 1 aliphatic heterocycles. The van der Waals surface area contributed by atoms with Crippen LogP contribution in [0.15, 0.2) is 34.7 Å². The van der Waals surface area contributed by atoms with Gasteiger partial charge in [-0.1, -0.05) is 13.8 Å². The number of ether oxygens (including phenoxy) is 1. The van der Waals surface area contributed by atoms with Gasteiger partial charge in [0.05, 0.1) is 23.7 Å². The molecule has 158 valence electrons. The predicted molar refractivity (Wildman–Crippen MR) is 95.4 cm³/mol. The lowest BCUT2D eigenvalue weighted by Crippen LogP contribution is -2.36. The van der Waals surface area contributed by atoms with Gasteiger partial charge in [0.1, 0.15) is 11.5 Å². The number of furan rings is 1. The molecule has 1 aromatic heterocycles. The van der Waals surface area contributed by atoms with Crippen molar-refractivity contribution < 1.29 is 37.0 Å². The molecule has 1 unspecified atom stereocenters. The summed E-state index contributed by atoms with van der Waals surface area (Å²) in [6.45, 7) is 3.68. The first-order valence-corrected chi connectivity index (χ1v) is 8.81. The van der Waals surface area contributed by atoms with Gasteiger partial charge in [-0.15, -0.1) is 0 Å². The Kier molecular flexibility index (Phi) is 5.24. The van der Waals surface area contributed by atoms with Gasteiger partial charge in [-0.3, -0.25) is 4.79 Å². The maximum Gasteiger partial charge on any atom is 0.417 e. The van der Waals surface area contributed by atoms with Gasteiger partial charge >= 0.3 is 12.1 Å². The predicted octanol–water partition coefficient (Wildman–Crippen LogP) is 3.68. The largest absolute Gasteiger partial charge is 0.480 e. The molecule has 0 spiro atoms. The normalized spacial score (nSPS) is 18.3. The molecular formula is C20H17F3N2O5. The first-order chi connectivity index (χ1) is 13.9. The number of carboxylic acids is 1. The second-order valence-electron chi connectivity index (χ2n) is 7.57. The van der Waals surface area contributed by atoms with Gasteiger partial charge in [-0.2, -0.15) is 18.4 Å². The minimum Gasteiger partial charge on any atom is -0.480 e. The Balaban J connectivity index is 1.81. The number of carbonyl (C=O) groups is 2. The summed E-state index contributed by atoms with van der Waals surface area (Å²) in [5.41, 5.74) is -2.43. The maximum atomic E-state index is 13.2. The van der Waals surface area contributed by atoms with Gasteiger partial charge in [-0.05, 0) is 30.3 Å². The number of amides is 1. The van der Waals surface area contributed by atoms with Gasteiger partial charge in [0.2, 0.25) is 5.76 Å². The van der Waals surface area contributed by atoms with E-state index in [-0.39, 0.29) is 30.4 Å². The average Bonchev–Trinajstić information content (AvgIpc) is 3.20. The zero-order valence-corrected chi connectivity index (χ0v) is 16.0. The Morgan fingerprint density at radius 3 is 2.63 bits per heavy atom. The quantitative estimate of drug-likeness (QED) is 0.788. The van der Waals surface area contributed by atoms with Crippen LogP contribution in [-0.2, 0) is 17.5 Å². The summed E-state index contributed by atoms with van der Waals surface area (Å²) >= 11 is 0. The van der Waals surface area contributed by atoms with Gasteiger partial charge in [0.25, 0.3) is 5.91 Å². The van der Waals surface area contributed by atoms with Crippen LogP contribution < -0.4 is 4.74 Å². The van der Waals surface area contributed by atoms with Gasteiger partial charge in [0, 0.05) is 12.0 Å². The molecule has 1 saturated heterocycles. The summed E-state index contributed by atoms with van der Waals surface area (Å²) < 4.78 is 50.4. The van der Waals surface area contributed by atoms with Crippen LogP contribution in [0.25, 0.3) is 0 Å². The second-order valence-corrected chi connectivity index (χ2v) is 7.57. The number of rotatable bonds is 5. The van der Waals surface area contributed by atoms with E-state index in [1.54, 1.807) is 13.8 Å². The highest BCUT2D eigenvalue weighted by Crippen LogP contribution is 2.38. The molecule has 3 rings (SSSR count). The summed E-state index contributed by atoms with van der Waals surface area (Å²) in [4.78, 5) is 25.2. The van der Waals surface area contributed by atoms with Crippen LogP contribution in [0.4, 0.5) is 13.2 Å². The number of hydrogen-bond acceptors (Lipinski definition) is 5. The highest BCUT2D eigenvalue weighted by atomic mass is 19.4. The van der Waals surface area contributed by atoms with Gasteiger partial charge in [0.15, 0.2) is 6.10 Å². The van der Waals surface area contributed by atoms with Crippen molar-refractivity contribution in [2.24, 2.45) is 5.41 Å². The minimum absolute atomic E-state index is 0.00340. The fourth-order valence-electron chi connectivity index (χ4n) is 3.33. The van der Waals surface area contributed by atoms with E-state index in [4.69, 9.17) is 19.5 Å². The zero-order valence-electron chi connectivity index (χ0n) is 16.0. The number of likely N-dealkylation sites (tertiary alicyclic amines) is 1. The van der Waals surface area contributed by atoms with E-state index in [9.17, 15) is 22.8 Å². The van der Waals surface area contributed by atoms with Crippen molar-refractivity contribution in [2.45, 2.75) is 32.7 Å². The van der Waals surface area contributed by atoms with E-state index >= 15 is 0 Å². The lowest BCUT2D eigenvalue weighted by atomic mass is 9.89. The van der Waals surface area contributed by atoms with Crippen molar-refractivity contribution in [3.63, 3.8) is 0 Å². The topological polar surface area (TPSA) is 104 Å². The van der Waals surface area contributed by atoms with Crippen molar-refractivity contribution in [3.8, 4) is 11.8 Å². The molecule has 30 heavy (non-hydrogen) atoms. The van der Waals surface area contributed by atoms with E-state index in [1.165, 1.54) is 29.2 Å². The van der Waals surface area contributed by atoms with Crippen molar-refractivity contribution in [2.75, 3.05) is 6.54 Å². The number of benzene rings is 1. The van der Waals surface area contributed by atoms with Crippen molar-refractivity contribution in [1.29, 1.82) is 5.26 Å². The molecule has 10 heteroatoms. The lowest BCUT2D eigenvalue weighted by molar-refractivity contribution is -0.138. The summed E-state index contributed by atoms with van der Waals surface area (Å²) in [6, 6.07) is 7.12. The molecule has 2 heterocycles. The molecule has 7 nitrogen and oxygen atoms in total. The zero-order chi connectivity index (χ0) is 22.3. The van der Waals surface area contributed by atoms with E-state index in [0.717, 1.165) is 6.07 Å². The van der Waals surface area contributed by atoms with E-state index in [0.29, 0.717) is 6.07 Å². The van der Waals surface area contributed by atoms with E-state index in [1.807, 2.05) is 0 Å². The molecule has 1 fully saturated rings. The molecule has 0 bridgehead atoms. The summed E-state index contributed by atoms with van der Waals surface area (Å²) in [5, 5.41) is 17.8. The number of halogens is 3. The van der Waals surface area contributed by atoms with Crippen LogP contribution in [-0.4, -0.2) is 34.5 Å². The number of nitrogens with zero attached hydrogens (tertiary/aromatic N) is 2. The maximum absolute atomic E-state index is 13.2. The van der Waals surface area contributed by atoms with E-state index in [2.05, 4.69) is 0 Å². The van der Waals surface area contributed by atoms with Crippen LogP contribution >= 0.6 is 0 Å². The van der Waals surface area contributed by atoms with Gasteiger partial charge < -0.3 is 19.2 Å². The summed E-state index contributed by atoms with van der Waals surface area (Å²) in [7, 11) is 0. The molecule has 0 radical (unpaired) electrons. The van der Waals surface area contributed by atoms with Crippen molar-refractivity contribution >= 4 is 11.9 Å². The molecule has 0 saturated carbocycles. The molecule has 1 aromatic carbocycles. The number of aromatic carboxylic acids is 1. The van der Waals surface area contributed by atoms with Crippen LogP contribution in [0.2, 0.25) is 0 Å². The average molecular weight is 422 g/mol. The highest BCUT2D eigenvalue weighted by Gasteiger charge is 2.48. The Hall–Kier alpha value is -3.48. The standard InChI is InChI=1S/C20H17F3N2O5/c1-19(2)10-25(9-13-5-6-15(29-13)18(27)28)17(26)16(19)30-12-4-3-11(8-24)14(7-12)20(21,22)23/h3-7,16H,9-10H2,1-2H3,(H,27,28). The lowest BCUT2D eigenvalue weighted by Gasteiger charge is -2.24. The third-order valence-corrected chi connectivity index (χ3v) is 4.73. The fraction of sp³-hybridized carbons (Fsp3) is 0.350. The molecule has 1 aliphatic rings. The first-order valence-electron chi connectivity index (χ1n) is 8.81. The molecule has 2 aromatic rings. The fourth-order valence-corrected chi connectivity index (χ4v) is 3.33. The second kappa shape index (κ2) is 7.40. The minimum atomic E-state index is -4.74. The van der Waals surface area contributed by atoms with E-state index < -0.39 is 40.7 Å². The van der Waals surface area contributed by atoms with Crippen LogP contribution in [0.1, 0.15) is 41.3 Å². The van der Waals surface area contributed by atoms with Crippen LogP contribution in [0.5, 0.6) is 5.75 Å². The molecule has 1 amide bonds. The SMILES string of the molecule is CC1(C)CN(Cc2ccc(C(=O)O)o2)C(=O)C1Oc1ccc(C#N)c(C(F)(F)F)c1. The van der Waals surface area contributed by atoms with Crippen molar-refractivity contribution in [3.05, 3.63) is 53.0 Å². The number of hydrogen-bond donors (Lipinski definition) is 1. The Bertz CT molecular complexity index is 1040.